The van der Waals surface area contributed by atoms with Crippen LogP contribution < -0.4 is 10.6 Å². The Morgan fingerprint density at radius 1 is 1.33 bits per heavy atom. The number of amides is 2. The van der Waals surface area contributed by atoms with Crippen molar-refractivity contribution in [3.63, 3.8) is 0 Å². The molecule has 7 heteroatoms. The molecule has 144 valence electrons. The summed E-state index contributed by atoms with van der Waals surface area (Å²) in [7, 11) is 0. The van der Waals surface area contributed by atoms with E-state index in [0.717, 1.165) is 50.4 Å². The molecule has 1 fully saturated rings. The van der Waals surface area contributed by atoms with E-state index < -0.39 is 0 Å². The van der Waals surface area contributed by atoms with E-state index in [4.69, 9.17) is 0 Å². The van der Waals surface area contributed by atoms with Crippen molar-refractivity contribution < 1.29 is 4.79 Å². The third kappa shape index (κ3) is 4.40. The first-order chi connectivity index (χ1) is 13.1. The quantitative estimate of drug-likeness (QED) is 0.736. The van der Waals surface area contributed by atoms with Crippen LogP contribution in [-0.2, 0) is 13.1 Å². The van der Waals surface area contributed by atoms with Gasteiger partial charge in [-0.2, -0.15) is 5.10 Å². The van der Waals surface area contributed by atoms with Crippen LogP contribution in [0.5, 0.6) is 0 Å². The molecule has 0 radical (unpaired) electrons. The topological polar surface area (TPSA) is 76.8 Å². The molecule has 2 aromatic rings. The highest BCUT2D eigenvalue weighted by Gasteiger charge is 2.43. The van der Waals surface area contributed by atoms with Crippen LogP contribution in [0, 0.1) is 18.3 Å². The molecule has 0 spiro atoms. The summed E-state index contributed by atoms with van der Waals surface area (Å²) in [5.74, 6) is 2.37. The number of aromatic nitrogens is 4. The maximum absolute atomic E-state index is 12.4. The van der Waals surface area contributed by atoms with Gasteiger partial charge >= 0.3 is 6.03 Å². The van der Waals surface area contributed by atoms with Crippen molar-refractivity contribution in [3.05, 3.63) is 42.6 Å². The molecule has 2 aliphatic carbocycles. The molecule has 2 amide bonds. The number of carbonyl (C=O) groups is 1. The van der Waals surface area contributed by atoms with Crippen molar-refractivity contribution in [2.24, 2.45) is 11.3 Å². The van der Waals surface area contributed by atoms with E-state index in [1.165, 1.54) is 6.42 Å². The van der Waals surface area contributed by atoms with Crippen LogP contribution in [0.25, 0.3) is 0 Å². The molecule has 0 aromatic carbocycles. The maximum Gasteiger partial charge on any atom is 0.320 e. The van der Waals surface area contributed by atoms with Crippen LogP contribution in [-0.4, -0.2) is 31.9 Å². The van der Waals surface area contributed by atoms with Gasteiger partial charge in [0.05, 0.1) is 6.20 Å². The van der Waals surface area contributed by atoms with Gasteiger partial charge in [-0.25, -0.2) is 14.5 Å². The molecule has 2 N–H and O–H groups in total. The molecule has 0 aliphatic heterocycles. The lowest BCUT2D eigenvalue weighted by Gasteiger charge is -2.20. The molecule has 1 atom stereocenters. The summed E-state index contributed by atoms with van der Waals surface area (Å²) in [6.45, 7) is 4.44. The van der Waals surface area contributed by atoms with Crippen LogP contribution >= 0.6 is 0 Å². The first kappa shape index (κ1) is 17.8. The number of anilines is 1. The number of rotatable bonds is 7. The Morgan fingerprint density at radius 2 is 2.22 bits per heavy atom. The molecule has 4 rings (SSSR count). The van der Waals surface area contributed by atoms with Gasteiger partial charge in [0.2, 0.25) is 0 Å². The van der Waals surface area contributed by atoms with Gasteiger partial charge in [-0.15, -0.1) is 0 Å². The first-order valence-corrected chi connectivity index (χ1v) is 9.83. The van der Waals surface area contributed by atoms with Gasteiger partial charge in [0.15, 0.2) is 0 Å². The van der Waals surface area contributed by atoms with E-state index in [-0.39, 0.29) is 11.4 Å². The van der Waals surface area contributed by atoms with Crippen LogP contribution in [0.2, 0.25) is 0 Å². The zero-order valence-electron chi connectivity index (χ0n) is 15.9. The molecule has 0 saturated heterocycles. The Kier molecular flexibility index (Phi) is 5.01. The molecule has 0 bridgehead atoms. The molecule has 7 nitrogen and oxygen atoms in total. The average Bonchev–Trinajstić information content (AvgIpc) is 3.13. The number of imidazole rings is 1. The van der Waals surface area contributed by atoms with Gasteiger partial charge in [-0.3, -0.25) is 5.32 Å². The molecule has 2 heterocycles. The summed E-state index contributed by atoms with van der Waals surface area (Å²) in [5.41, 5.74) is 0.164. The zero-order chi connectivity index (χ0) is 18.7. The van der Waals surface area contributed by atoms with Crippen molar-refractivity contribution in [1.82, 2.24) is 24.6 Å². The minimum atomic E-state index is -0.158. The second-order valence-electron chi connectivity index (χ2n) is 7.96. The van der Waals surface area contributed by atoms with Crippen LogP contribution in [0.3, 0.4) is 0 Å². The third-order valence-corrected chi connectivity index (χ3v) is 5.78. The Hall–Kier alpha value is -2.57. The van der Waals surface area contributed by atoms with E-state index in [2.05, 4.69) is 37.4 Å². The van der Waals surface area contributed by atoms with Crippen molar-refractivity contribution in [2.75, 3.05) is 11.9 Å². The van der Waals surface area contributed by atoms with Gasteiger partial charge in [0.25, 0.3) is 0 Å². The summed E-state index contributed by atoms with van der Waals surface area (Å²) in [6, 6.07) is 1.70. The van der Waals surface area contributed by atoms with E-state index in [1.54, 1.807) is 6.20 Å². The number of hydrogen-bond donors (Lipinski definition) is 2. The number of urea groups is 1. The highest BCUT2D eigenvalue weighted by molar-refractivity contribution is 5.88. The Morgan fingerprint density at radius 3 is 2.93 bits per heavy atom. The molecular weight excluding hydrogens is 340 g/mol. The second kappa shape index (κ2) is 7.58. The summed E-state index contributed by atoms with van der Waals surface area (Å²) in [4.78, 5) is 16.7. The average molecular weight is 368 g/mol. The second-order valence-corrected chi connectivity index (χ2v) is 7.96. The number of hydrogen-bond acceptors (Lipinski definition) is 3. The van der Waals surface area contributed by atoms with Crippen molar-refractivity contribution in [1.29, 1.82) is 0 Å². The number of nitrogens with zero attached hydrogens (tertiary/aromatic N) is 4. The number of aryl methyl sites for hydroxylation is 1. The number of allylic oxidation sites excluding steroid dienone is 2. The highest BCUT2D eigenvalue weighted by atomic mass is 16.2. The van der Waals surface area contributed by atoms with Crippen LogP contribution in [0.4, 0.5) is 10.6 Å². The van der Waals surface area contributed by atoms with Gasteiger partial charge in [0, 0.05) is 43.5 Å². The number of nitrogens with one attached hydrogen (secondary N) is 2. The van der Waals surface area contributed by atoms with Crippen LogP contribution in [0.15, 0.2) is 36.8 Å². The lowest BCUT2D eigenvalue weighted by Crippen LogP contribution is -2.36. The molecule has 27 heavy (non-hydrogen) atoms. The fraction of sp³-hybridized carbons (Fsp3) is 0.550. The fourth-order valence-corrected chi connectivity index (χ4v) is 3.78. The lowest BCUT2D eigenvalue weighted by molar-refractivity contribution is 0.248. The summed E-state index contributed by atoms with van der Waals surface area (Å²) in [5, 5.41) is 10.4. The van der Waals surface area contributed by atoms with Crippen LogP contribution in [0.1, 0.15) is 37.9 Å². The van der Waals surface area contributed by atoms with E-state index in [1.807, 2.05) is 30.1 Å². The monoisotopic (exact) mass is 368 g/mol. The minimum absolute atomic E-state index is 0.158. The largest absolute Gasteiger partial charge is 0.337 e. The van der Waals surface area contributed by atoms with Gasteiger partial charge < -0.3 is 9.88 Å². The van der Waals surface area contributed by atoms with E-state index in [9.17, 15) is 4.79 Å². The Balaban J connectivity index is 1.28. The highest BCUT2D eigenvalue weighted by Crippen LogP contribution is 2.46. The molecular formula is C20H28N6O. The SMILES string of the molecule is Cc1nccn1CC1(CNC(=O)Nc2ccnn2CC2CC=CCC2)CC1. The predicted molar refractivity (Wildman–Crippen MR) is 104 cm³/mol. The minimum Gasteiger partial charge on any atom is -0.337 e. The third-order valence-electron chi connectivity index (χ3n) is 5.78. The maximum atomic E-state index is 12.4. The molecule has 2 aromatic heterocycles. The Labute approximate surface area is 159 Å². The first-order valence-electron chi connectivity index (χ1n) is 9.83. The standard InChI is InChI=1S/C20H28N6O/c1-16-21-11-12-25(16)15-20(8-9-20)14-22-19(27)24-18-7-10-23-26(18)13-17-5-3-2-4-6-17/h2-3,7,10-12,17H,4-6,8-9,13-15H2,1H3,(H2,22,24,27). The lowest BCUT2D eigenvalue weighted by atomic mass is 9.94. The van der Waals surface area contributed by atoms with Crippen molar-refractivity contribution >= 4 is 11.8 Å². The molecule has 2 aliphatic rings. The van der Waals surface area contributed by atoms with Gasteiger partial charge in [0.1, 0.15) is 11.6 Å². The molecule has 1 unspecified atom stereocenters. The Bertz CT molecular complexity index is 816. The summed E-state index contributed by atoms with van der Waals surface area (Å²) in [6.07, 6.45) is 15.7. The van der Waals surface area contributed by atoms with Gasteiger partial charge in [-0.05, 0) is 44.9 Å². The molecule has 1 saturated carbocycles. The zero-order valence-corrected chi connectivity index (χ0v) is 15.9. The summed E-state index contributed by atoms with van der Waals surface area (Å²) < 4.78 is 4.07. The summed E-state index contributed by atoms with van der Waals surface area (Å²) >= 11 is 0. The number of carbonyl (C=O) groups excluding carboxylic acids is 1. The fourth-order valence-electron chi connectivity index (χ4n) is 3.78. The normalized spacial score (nSPS) is 20.4. The predicted octanol–water partition coefficient (Wildman–Crippen LogP) is 3.35. The van der Waals surface area contributed by atoms with E-state index in [0.29, 0.717) is 12.5 Å². The van der Waals surface area contributed by atoms with Gasteiger partial charge in [-0.1, -0.05) is 12.2 Å². The van der Waals surface area contributed by atoms with E-state index >= 15 is 0 Å². The smallest absolute Gasteiger partial charge is 0.320 e. The van der Waals surface area contributed by atoms with Crippen molar-refractivity contribution in [2.45, 2.75) is 52.1 Å². The van der Waals surface area contributed by atoms with Crippen molar-refractivity contribution in [3.8, 4) is 0 Å².